The smallest absolute Gasteiger partial charge is 0.399 e. The van der Waals surface area contributed by atoms with Crippen LogP contribution in [0.3, 0.4) is 0 Å². The van der Waals surface area contributed by atoms with E-state index in [4.69, 9.17) is 9.31 Å². The zero-order valence-corrected chi connectivity index (χ0v) is 19.6. The second kappa shape index (κ2) is 7.18. The molecule has 2 nitrogen and oxygen atoms in total. The van der Waals surface area contributed by atoms with Crippen LogP contribution in [0.1, 0.15) is 27.7 Å². The van der Waals surface area contributed by atoms with Crippen LogP contribution in [0, 0.1) is 0 Å². The predicted octanol–water partition coefficient (Wildman–Crippen LogP) is 7.11. The van der Waals surface area contributed by atoms with Gasteiger partial charge in [0.2, 0.25) is 0 Å². The van der Waals surface area contributed by atoms with Gasteiger partial charge in [0.05, 0.1) is 11.2 Å². The highest BCUT2D eigenvalue weighted by molar-refractivity contribution is 6.62. The maximum Gasteiger partial charge on any atom is 0.494 e. The zero-order valence-electron chi connectivity index (χ0n) is 19.6. The first kappa shape index (κ1) is 20.5. The zero-order chi connectivity index (χ0) is 22.8. The van der Waals surface area contributed by atoms with E-state index in [-0.39, 0.29) is 18.3 Å². The molecule has 0 aromatic heterocycles. The minimum absolute atomic E-state index is 0.349. The first-order valence-electron chi connectivity index (χ1n) is 11.6. The van der Waals surface area contributed by atoms with Gasteiger partial charge in [0.15, 0.2) is 0 Å². The van der Waals surface area contributed by atoms with Crippen molar-refractivity contribution in [3.8, 4) is 11.1 Å². The lowest BCUT2D eigenvalue weighted by atomic mass is 9.78. The third kappa shape index (κ3) is 3.27. The fourth-order valence-electron chi connectivity index (χ4n) is 4.85. The fourth-order valence-corrected chi connectivity index (χ4v) is 4.85. The number of hydrogen-bond acceptors (Lipinski definition) is 2. The standard InChI is InChI=1S/C30H27BO2/c1-29(2)30(3,4)33-31(32-29)24-16-15-20-13-14-22(17-23(20)18-24)28-19-21-9-5-6-10-25(21)26-11-7-8-12-27(26)28/h5-19H,1-4H3. The Balaban J connectivity index is 1.50. The molecule has 33 heavy (non-hydrogen) atoms. The molecular formula is C30H27BO2. The quantitative estimate of drug-likeness (QED) is 0.219. The molecule has 5 aromatic carbocycles. The van der Waals surface area contributed by atoms with Gasteiger partial charge in [-0.25, -0.2) is 0 Å². The van der Waals surface area contributed by atoms with Crippen LogP contribution in [-0.2, 0) is 9.31 Å². The number of fused-ring (bicyclic) bond motifs is 4. The van der Waals surface area contributed by atoms with Crippen LogP contribution in [0.5, 0.6) is 0 Å². The Morgan fingerprint density at radius 2 is 1.18 bits per heavy atom. The van der Waals surface area contributed by atoms with Gasteiger partial charge in [-0.05, 0) is 88.7 Å². The van der Waals surface area contributed by atoms with Gasteiger partial charge in [0, 0.05) is 0 Å². The summed E-state index contributed by atoms with van der Waals surface area (Å²) in [5.41, 5.74) is 2.83. The molecule has 0 spiro atoms. The van der Waals surface area contributed by atoms with Crippen LogP contribution in [-0.4, -0.2) is 18.3 Å². The molecule has 1 fully saturated rings. The molecule has 1 heterocycles. The summed E-state index contributed by atoms with van der Waals surface area (Å²) in [4.78, 5) is 0. The molecule has 0 saturated carbocycles. The Labute approximate surface area is 195 Å². The van der Waals surface area contributed by atoms with Gasteiger partial charge in [0.25, 0.3) is 0 Å². The normalized spacial score (nSPS) is 17.3. The molecule has 5 aromatic rings. The van der Waals surface area contributed by atoms with Gasteiger partial charge >= 0.3 is 7.12 Å². The van der Waals surface area contributed by atoms with Crippen molar-refractivity contribution in [2.45, 2.75) is 38.9 Å². The van der Waals surface area contributed by atoms with Crippen molar-refractivity contribution in [2.75, 3.05) is 0 Å². The molecular weight excluding hydrogens is 403 g/mol. The average molecular weight is 430 g/mol. The highest BCUT2D eigenvalue weighted by Gasteiger charge is 2.51. The molecule has 0 unspecified atom stereocenters. The van der Waals surface area contributed by atoms with Gasteiger partial charge in [0.1, 0.15) is 0 Å². The number of benzene rings is 5. The number of hydrogen-bond donors (Lipinski definition) is 0. The van der Waals surface area contributed by atoms with Crippen molar-refractivity contribution in [3.63, 3.8) is 0 Å². The topological polar surface area (TPSA) is 18.5 Å². The van der Waals surface area contributed by atoms with Crippen molar-refractivity contribution in [2.24, 2.45) is 0 Å². The summed E-state index contributed by atoms with van der Waals surface area (Å²) in [5.74, 6) is 0. The van der Waals surface area contributed by atoms with E-state index in [1.807, 2.05) is 0 Å². The first-order valence-corrected chi connectivity index (χ1v) is 11.6. The summed E-state index contributed by atoms with van der Waals surface area (Å²) >= 11 is 0. The first-order chi connectivity index (χ1) is 15.8. The second-order valence-corrected chi connectivity index (χ2v) is 10.1. The minimum atomic E-state index is -0.357. The van der Waals surface area contributed by atoms with Gasteiger partial charge in [-0.3, -0.25) is 0 Å². The van der Waals surface area contributed by atoms with Crippen molar-refractivity contribution in [3.05, 3.63) is 91.0 Å². The average Bonchev–Trinajstić information content (AvgIpc) is 3.04. The summed E-state index contributed by atoms with van der Waals surface area (Å²) < 4.78 is 12.6. The summed E-state index contributed by atoms with van der Waals surface area (Å²) in [6.45, 7) is 8.38. The fraction of sp³-hybridized carbons (Fsp3) is 0.200. The second-order valence-electron chi connectivity index (χ2n) is 10.1. The van der Waals surface area contributed by atoms with Crippen molar-refractivity contribution in [1.29, 1.82) is 0 Å². The Morgan fingerprint density at radius 3 is 1.94 bits per heavy atom. The minimum Gasteiger partial charge on any atom is -0.399 e. The van der Waals surface area contributed by atoms with Gasteiger partial charge < -0.3 is 9.31 Å². The maximum absolute atomic E-state index is 6.30. The molecule has 0 aliphatic carbocycles. The van der Waals surface area contributed by atoms with Crippen LogP contribution in [0.25, 0.3) is 43.4 Å². The third-order valence-electron chi connectivity index (χ3n) is 7.47. The number of rotatable bonds is 2. The molecule has 1 aliphatic rings. The lowest BCUT2D eigenvalue weighted by Crippen LogP contribution is -2.41. The molecule has 6 rings (SSSR count). The van der Waals surface area contributed by atoms with Crippen LogP contribution < -0.4 is 5.46 Å². The lowest BCUT2D eigenvalue weighted by Gasteiger charge is -2.32. The molecule has 1 saturated heterocycles. The van der Waals surface area contributed by atoms with Crippen LogP contribution in [0.4, 0.5) is 0 Å². The SMILES string of the molecule is CC1(C)OB(c2ccc3ccc(-c4cc5ccccc5c5ccccc45)cc3c2)OC1(C)C. The maximum atomic E-state index is 6.30. The summed E-state index contributed by atoms with van der Waals surface area (Å²) in [6, 6.07) is 32.9. The molecule has 1 aliphatic heterocycles. The van der Waals surface area contributed by atoms with E-state index < -0.39 is 0 Å². The van der Waals surface area contributed by atoms with Crippen molar-refractivity contribution >= 4 is 44.9 Å². The molecule has 0 N–H and O–H groups in total. The molecule has 0 atom stereocenters. The van der Waals surface area contributed by atoms with Gasteiger partial charge in [-0.15, -0.1) is 0 Å². The molecule has 0 radical (unpaired) electrons. The Morgan fingerprint density at radius 1 is 0.545 bits per heavy atom. The van der Waals surface area contributed by atoms with E-state index >= 15 is 0 Å². The third-order valence-corrected chi connectivity index (χ3v) is 7.47. The van der Waals surface area contributed by atoms with E-state index in [1.54, 1.807) is 0 Å². The van der Waals surface area contributed by atoms with E-state index in [1.165, 1.54) is 43.4 Å². The summed E-state index contributed by atoms with van der Waals surface area (Å²) in [6.07, 6.45) is 0. The molecule has 3 heteroatoms. The summed E-state index contributed by atoms with van der Waals surface area (Å²) in [5, 5.41) is 7.52. The largest absolute Gasteiger partial charge is 0.494 e. The monoisotopic (exact) mass is 430 g/mol. The van der Waals surface area contributed by atoms with E-state index in [9.17, 15) is 0 Å². The van der Waals surface area contributed by atoms with Crippen LogP contribution in [0.2, 0.25) is 0 Å². The Bertz CT molecular complexity index is 1520. The van der Waals surface area contributed by atoms with Crippen LogP contribution in [0.15, 0.2) is 91.0 Å². The molecule has 0 amide bonds. The molecule has 0 bridgehead atoms. The van der Waals surface area contributed by atoms with E-state index in [0.29, 0.717) is 0 Å². The Kier molecular flexibility index (Phi) is 4.45. The van der Waals surface area contributed by atoms with Gasteiger partial charge in [-0.1, -0.05) is 78.9 Å². The predicted molar refractivity (Wildman–Crippen MR) is 140 cm³/mol. The van der Waals surface area contributed by atoms with Crippen LogP contribution >= 0.6 is 0 Å². The summed E-state index contributed by atoms with van der Waals surface area (Å²) in [7, 11) is -0.357. The van der Waals surface area contributed by atoms with E-state index in [2.05, 4.69) is 119 Å². The lowest BCUT2D eigenvalue weighted by molar-refractivity contribution is 0.00578. The highest BCUT2D eigenvalue weighted by Crippen LogP contribution is 2.38. The van der Waals surface area contributed by atoms with Crippen molar-refractivity contribution < 1.29 is 9.31 Å². The highest BCUT2D eigenvalue weighted by atomic mass is 16.7. The molecule has 162 valence electrons. The van der Waals surface area contributed by atoms with E-state index in [0.717, 1.165) is 5.46 Å². The Hall–Kier alpha value is -3.14. The van der Waals surface area contributed by atoms with Crippen molar-refractivity contribution in [1.82, 2.24) is 0 Å². The van der Waals surface area contributed by atoms with Gasteiger partial charge in [-0.2, -0.15) is 0 Å².